The van der Waals surface area contributed by atoms with Crippen LogP contribution >= 0.6 is 0 Å². The maximum Gasteiger partial charge on any atom is 0.0249 e. The van der Waals surface area contributed by atoms with Gasteiger partial charge in [0.1, 0.15) is 0 Å². The van der Waals surface area contributed by atoms with E-state index in [1.807, 2.05) is 0 Å². The molecule has 0 spiro atoms. The Morgan fingerprint density at radius 1 is 1.07 bits per heavy atom. The van der Waals surface area contributed by atoms with Gasteiger partial charge in [-0.15, -0.1) is 0 Å². The summed E-state index contributed by atoms with van der Waals surface area (Å²) >= 11 is 0. The topological polar surface area (TPSA) is 15.3 Å². The van der Waals surface area contributed by atoms with Gasteiger partial charge in [0.15, 0.2) is 0 Å². The highest BCUT2D eigenvalue weighted by Crippen LogP contribution is 2.34. The number of hydrogen-bond donors (Lipinski definition) is 1. The molecule has 0 amide bonds. The Morgan fingerprint density at radius 3 is 2.73 bits per heavy atom. The Balaban J connectivity index is 1.51. The van der Waals surface area contributed by atoms with Crippen LogP contribution in [0.4, 0.5) is 0 Å². The minimum atomic E-state index is 0.826. The van der Waals surface area contributed by atoms with Crippen molar-refractivity contribution in [2.24, 2.45) is 5.92 Å². The van der Waals surface area contributed by atoms with Crippen molar-refractivity contribution < 1.29 is 0 Å². The molecule has 86 valence electrons. The third-order valence-corrected chi connectivity index (χ3v) is 4.50. The van der Waals surface area contributed by atoms with Crippen LogP contribution in [0.15, 0.2) is 0 Å². The molecule has 3 rings (SSSR count). The largest absolute Gasteiger partial charge is 0.312 e. The minimum Gasteiger partial charge on any atom is -0.312 e. The molecule has 2 heterocycles. The molecule has 0 radical (unpaired) electrons. The molecule has 2 unspecified atom stereocenters. The Hall–Kier alpha value is -0.0800. The Labute approximate surface area is 93.4 Å². The van der Waals surface area contributed by atoms with Crippen molar-refractivity contribution in [2.75, 3.05) is 19.6 Å². The van der Waals surface area contributed by atoms with Gasteiger partial charge in [-0.25, -0.2) is 0 Å². The summed E-state index contributed by atoms with van der Waals surface area (Å²) in [6.07, 6.45) is 10.2. The van der Waals surface area contributed by atoms with Crippen LogP contribution in [0.25, 0.3) is 0 Å². The molecule has 1 saturated carbocycles. The molecule has 2 nitrogen and oxygen atoms in total. The quantitative estimate of drug-likeness (QED) is 0.760. The van der Waals surface area contributed by atoms with E-state index in [0.29, 0.717) is 0 Å². The van der Waals surface area contributed by atoms with E-state index in [2.05, 4.69) is 10.2 Å². The zero-order chi connectivity index (χ0) is 10.1. The zero-order valence-electron chi connectivity index (χ0n) is 9.75. The number of hydrogen-bond acceptors (Lipinski definition) is 2. The second kappa shape index (κ2) is 4.42. The van der Waals surface area contributed by atoms with Crippen LogP contribution in [-0.4, -0.2) is 36.6 Å². The lowest BCUT2D eigenvalue weighted by atomic mass is 10.0. The van der Waals surface area contributed by atoms with Gasteiger partial charge >= 0.3 is 0 Å². The van der Waals surface area contributed by atoms with E-state index < -0.39 is 0 Å². The average Bonchev–Trinajstić information content (AvgIpc) is 2.79. The van der Waals surface area contributed by atoms with Crippen LogP contribution in [0.5, 0.6) is 0 Å². The highest BCUT2D eigenvalue weighted by atomic mass is 15.2. The van der Waals surface area contributed by atoms with Crippen molar-refractivity contribution in [3.8, 4) is 0 Å². The van der Waals surface area contributed by atoms with Gasteiger partial charge in [0.25, 0.3) is 0 Å². The third kappa shape index (κ3) is 2.36. The van der Waals surface area contributed by atoms with Gasteiger partial charge in [-0.2, -0.15) is 0 Å². The fraction of sp³-hybridized carbons (Fsp3) is 1.00. The van der Waals surface area contributed by atoms with Crippen molar-refractivity contribution in [1.82, 2.24) is 10.2 Å². The van der Waals surface area contributed by atoms with Gasteiger partial charge < -0.3 is 5.32 Å². The Bertz CT molecular complexity index is 207. The number of rotatable bonds is 4. The maximum absolute atomic E-state index is 3.69. The Kier molecular flexibility index (Phi) is 2.98. The van der Waals surface area contributed by atoms with Crippen LogP contribution in [0.1, 0.15) is 44.9 Å². The van der Waals surface area contributed by atoms with Gasteiger partial charge in [-0.05, 0) is 57.7 Å². The van der Waals surface area contributed by atoms with Gasteiger partial charge in [0.05, 0.1) is 0 Å². The normalized spacial score (nSPS) is 37.6. The summed E-state index contributed by atoms with van der Waals surface area (Å²) in [6, 6.07) is 1.71. The number of likely N-dealkylation sites (tertiary alicyclic amines) is 1. The molecule has 1 N–H and O–H groups in total. The molecular weight excluding hydrogens is 184 g/mol. The van der Waals surface area contributed by atoms with Gasteiger partial charge in [-0.3, -0.25) is 4.90 Å². The molecule has 0 aromatic carbocycles. The zero-order valence-corrected chi connectivity index (χ0v) is 9.75. The lowest BCUT2D eigenvalue weighted by Crippen LogP contribution is -2.44. The summed E-state index contributed by atoms with van der Waals surface area (Å²) in [5.41, 5.74) is 0. The molecule has 0 aromatic rings. The SMILES string of the molecule is C1CNC(C2CCCN2CCC2CC2)C1. The Morgan fingerprint density at radius 2 is 2.00 bits per heavy atom. The van der Waals surface area contributed by atoms with E-state index in [4.69, 9.17) is 0 Å². The van der Waals surface area contributed by atoms with Crippen LogP contribution in [-0.2, 0) is 0 Å². The van der Waals surface area contributed by atoms with Crippen molar-refractivity contribution in [2.45, 2.75) is 57.0 Å². The molecular formula is C13H24N2. The number of nitrogens with zero attached hydrogens (tertiary/aromatic N) is 1. The summed E-state index contributed by atoms with van der Waals surface area (Å²) in [7, 11) is 0. The van der Waals surface area contributed by atoms with Gasteiger partial charge in [0, 0.05) is 12.1 Å². The van der Waals surface area contributed by atoms with E-state index in [1.54, 1.807) is 0 Å². The molecule has 2 atom stereocenters. The third-order valence-electron chi connectivity index (χ3n) is 4.50. The second-order valence-electron chi connectivity index (χ2n) is 5.68. The van der Waals surface area contributed by atoms with Crippen molar-refractivity contribution in [3.05, 3.63) is 0 Å². The van der Waals surface area contributed by atoms with Crippen LogP contribution in [0, 0.1) is 5.92 Å². The first-order valence-electron chi connectivity index (χ1n) is 6.91. The van der Waals surface area contributed by atoms with Crippen LogP contribution in [0.2, 0.25) is 0 Å². The molecule has 1 aliphatic carbocycles. The fourth-order valence-corrected chi connectivity index (χ4v) is 3.38. The predicted octanol–water partition coefficient (Wildman–Crippen LogP) is 2.00. The maximum atomic E-state index is 3.69. The molecule has 0 aromatic heterocycles. The van der Waals surface area contributed by atoms with E-state index in [9.17, 15) is 0 Å². The molecule has 2 aliphatic heterocycles. The summed E-state index contributed by atoms with van der Waals surface area (Å²) in [6.45, 7) is 4.01. The van der Waals surface area contributed by atoms with Gasteiger partial charge in [-0.1, -0.05) is 12.8 Å². The molecule has 0 bridgehead atoms. The first kappa shape index (κ1) is 10.1. The minimum absolute atomic E-state index is 0.826. The molecule has 3 aliphatic rings. The lowest BCUT2D eigenvalue weighted by Gasteiger charge is -2.29. The van der Waals surface area contributed by atoms with Crippen molar-refractivity contribution >= 4 is 0 Å². The summed E-state index contributed by atoms with van der Waals surface area (Å²) < 4.78 is 0. The number of nitrogens with one attached hydrogen (secondary N) is 1. The fourth-order valence-electron chi connectivity index (χ4n) is 3.38. The molecule has 2 saturated heterocycles. The molecule has 15 heavy (non-hydrogen) atoms. The van der Waals surface area contributed by atoms with E-state index >= 15 is 0 Å². The highest BCUT2D eigenvalue weighted by molar-refractivity contribution is 4.92. The van der Waals surface area contributed by atoms with Crippen molar-refractivity contribution in [1.29, 1.82) is 0 Å². The van der Waals surface area contributed by atoms with E-state index in [1.165, 1.54) is 64.6 Å². The monoisotopic (exact) mass is 208 g/mol. The predicted molar refractivity (Wildman–Crippen MR) is 63.0 cm³/mol. The molecule has 3 fully saturated rings. The first-order chi connectivity index (χ1) is 7.43. The summed E-state index contributed by atoms with van der Waals surface area (Å²) in [5, 5.41) is 3.69. The standard InChI is InChI=1S/C13H24N2/c1-3-12(14-8-1)13-4-2-9-15(13)10-7-11-5-6-11/h11-14H,1-10H2. The van der Waals surface area contributed by atoms with E-state index in [-0.39, 0.29) is 0 Å². The van der Waals surface area contributed by atoms with Crippen molar-refractivity contribution in [3.63, 3.8) is 0 Å². The van der Waals surface area contributed by atoms with Crippen LogP contribution < -0.4 is 5.32 Å². The summed E-state index contributed by atoms with van der Waals surface area (Å²) in [5.74, 6) is 1.10. The highest BCUT2D eigenvalue weighted by Gasteiger charge is 2.33. The molecule has 2 heteroatoms. The second-order valence-corrected chi connectivity index (χ2v) is 5.68. The first-order valence-corrected chi connectivity index (χ1v) is 6.91. The average molecular weight is 208 g/mol. The van der Waals surface area contributed by atoms with Crippen LogP contribution in [0.3, 0.4) is 0 Å². The van der Waals surface area contributed by atoms with Gasteiger partial charge in [0.2, 0.25) is 0 Å². The lowest BCUT2D eigenvalue weighted by molar-refractivity contribution is 0.209. The van der Waals surface area contributed by atoms with E-state index in [0.717, 1.165) is 18.0 Å². The smallest absolute Gasteiger partial charge is 0.0249 e. The summed E-state index contributed by atoms with van der Waals surface area (Å²) in [4.78, 5) is 2.78.